The predicted molar refractivity (Wildman–Crippen MR) is 138 cm³/mol. The maximum atomic E-state index is 11.3. The second-order valence-electron chi connectivity index (χ2n) is 9.54. The summed E-state index contributed by atoms with van der Waals surface area (Å²) in [6.45, 7) is 13.1. The molecule has 3 rings (SSSR count). The van der Waals surface area contributed by atoms with Gasteiger partial charge in [0.1, 0.15) is 17.6 Å². The van der Waals surface area contributed by atoms with Crippen LogP contribution in [0.2, 0.25) is 18.1 Å². The van der Waals surface area contributed by atoms with Crippen molar-refractivity contribution >= 4 is 37.0 Å². The van der Waals surface area contributed by atoms with Gasteiger partial charge >= 0.3 is 6.09 Å². The fourth-order valence-electron chi connectivity index (χ4n) is 3.30. The van der Waals surface area contributed by atoms with E-state index in [1.165, 1.54) is 0 Å². The average molecular weight is 583 g/mol. The van der Waals surface area contributed by atoms with Gasteiger partial charge in [-0.3, -0.25) is 0 Å². The lowest BCUT2D eigenvalue weighted by molar-refractivity contribution is 0.184. The molecule has 1 unspecified atom stereocenters. The zero-order chi connectivity index (χ0) is 24.4. The minimum Gasteiger partial charge on any atom is -0.465 e. The molecule has 1 aromatic carbocycles. The van der Waals surface area contributed by atoms with Gasteiger partial charge in [0.2, 0.25) is 0 Å². The Morgan fingerprint density at radius 2 is 1.97 bits per heavy atom. The van der Waals surface area contributed by atoms with Gasteiger partial charge in [-0.25, -0.2) is 9.78 Å². The predicted octanol–water partition coefficient (Wildman–Crippen LogP) is 6.08. The third-order valence-corrected chi connectivity index (χ3v) is 11.4. The van der Waals surface area contributed by atoms with E-state index in [-0.39, 0.29) is 17.7 Å². The number of halogens is 1. The second-order valence-corrected chi connectivity index (χ2v) is 15.5. The fraction of sp³-hybridized carbons (Fsp3) is 0.435. The molecule has 0 aliphatic heterocycles. The van der Waals surface area contributed by atoms with Gasteiger partial charge in [0.15, 0.2) is 14.1 Å². The monoisotopic (exact) mass is 582 g/mol. The number of carboxylic acid groups (broad SMARTS) is 1. The van der Waals surface area contributed by atoms with Gasteiger partial charge in [0.25, 0.3) is 0 Å². The molecule has 10 heteroatoms. The van der Waals surface area contributed by atoms with E-state index in [0.29, 0.717) is 11.5 Å². The highest BCUT2D eigenvalue weighted by atomic mass is 127. The quantitative estimate of drug-likeness (QED) is 0.247. The van der Waals surface area contributed by atoms with Crippen molar-refractivity contribution in [3.05, 3.63) is 57.8 Å². The van der Waals surface area contributed by atoms with E-state index in [9.17, 15) is 9.90 Å². The number of hydrogen-bond acceptors (Lipinski definition) is 5. The molecule has 0 aliphatic carbocycles. The molecular weight excluding hydrogens is 551 g/mol. The summed E-state index contributed by atoms with van der Waals surface area (Å²) in [6, 6.07) is 9.33. The lowest BCUT2D eigenvalue weighted by Crippen LogP contribution is -2.42. The summed E-state index contributed by atoms with van der Waals surface area (Å²) in [6.07, 6.45) is 2.16. The van der Waals surface area contributed by atoms with E-state index in [2.05, 4.69) is 71.9 Å². The van der Waals surface area contributed by atoms with Gasteiger partial charge in [-0.05, 0) is 59.8 Å². The highest BCUT2D eigenvalue weighted by Crippen LogP contribution is 2.40. The summed E-state index contributed by atoms with van der Waals surface area (Å²) in [5, 5.41) is 16.0. The Hall–Kier alpha value is -2.18. The number of imidazole rings is 1. The summed E-state index contributed by atoms with van der Waals surface area (Å²) >= 11 is 2.25. The average Bonchev–Trinajstić information content (AvgIpc) is 3.38. The van der Waals surface area contributed by atoms with E-state index in [1.54, 1.807) is 6.20 Å². The minimum absolute atomic E-state index is 0.0530. The second kappa shape index (κ2) is 9.98. The summed E-state index contributed by atoms with van der Waals surface area (Å²) in [5.41, 5.74) is 1.51. The van der Waals surface area contributed by atoms with Crippen LogP contribution >= 0.6 is 22.6 Å². The third kappa shape index (κ3) is 6.04. The van der Waals surface area contributed by atoms with Crippen LogP contribution in [-0.4, -0.2) is 40.8 Å². The number of hydrogen-bond donors (Lipinski definition) is 2. The molecule has 0 fully saturated rings. The fourth-order valence-corrected chi connectivity index (χ4v) is 5.00. The third-order valence-electron chi connectivity index (χ3n) is 6.12. The van der Waals surface area contributed by atoms with Crippen LogP contribution < -0.4 is 5.32 Å². The van der Waals surface area contributed by atoms with Crippen molar-refractivity contribution in [2.45, 2.75) is 58.0 Å². The molecular formula is C23H31IN4O4Si. The summed E-state index contributed by atoms with van der Waals surface area (Å²) in [5.74, 6) is 1.34. The highest BCUT2D eigenvalue weighted by Gasteiger charge is 2.39. The Morgan fingerprint density at radius 1 is 1.30 bits per heavy atom. The van der Waals surface area contributed by atoms with Gasteiger partial charge in [0.05, 0.1) is 6.04 Å². The first kappa shape index (κ1) is 25.4. The van der Waals surface area contributed by atoms with Crippen LogP contribution in [0.15, 0.2) is 47.2 Å². The number of rotatable bonds is 8. The summed E-state index contributed by atoms with van der Waals surface area (Å²) < 4.78 is 15.2. The minimum atomic E-state index is -2.04. The number of amides is 1. The van der Waals surface area contributed by atoms with Crippen LogP contribution in [0.1, 0.15) is 51.4 Å². The molecule has 2 atom stereocenters. The van der Waals surface area contributed by atoms with Crippen molar-refractivity contribution in [1.82, 2.24) is 20.0 Å². The molecule has 33 heavy (non-hydrogen) atoms. The van der Waals surface area contributed by atoms with Crippen molar-refractivity contribution < 1.29 is 18.9 Å². The first-order chi connectivity index (χ1) is 15.4. The maximum Gasteiger partial charge on any atom is 0.404 e. The molecule has 0 aliphatic rings. The first-order valence-corrected chi connectivity index (χ1v) is 14.8. The molecule has 1 amide bonds. The molecule has 0 spiro atoms. The standard InChI is InChI=1S/C23H31IN4O4Si/c1-15(32-33(5,6)23(2,3)4)21-25-11-12-28(21)19(14-26-22(29)30)18-13-20(31-27-18)16-7-9-17(24)10-8-16/h7-13,15,19,26H,14H2,1-6H3,(H,29,30)/t15-,19?/m0/s1. The number of benzene rings is 1. The Morgan fingerprint density at radius 3 is 2.58 bits per heavy atom. The Bertz CT molecular complexity index is 1090. The molecule has 3 aromatic rings. The molecule has 0 saturated carbocycles. The van der Waals surface area contributed by atoms with Crippen molar-refractivity contribution in [2.75, 3.05) is 6.54 Å². The van der Waals surface area contributed by atoms with Crippen LogP contribution in [0.5, 0.6) is 0 Å². The van der Waals surface area contributed by atoms with Crippen LogP contribution in [0, 0.1) is 3.57 Å². The number of carbonyl (C=O) groups is 1. The number of nitrogens with one attached hydrogen (secondary N) is 1. The SMILES string of the molecule is C[C@H](O[Si](C)(C)C(C)(C)C)c1nccn1C(CNC(=O)O)c1cc(-c2ccc(I)cc2)on1. The van der Waals surface area contributed by atoms with Crippen molar-refractivity contribution in [1.29, 1.82) is 0 Å². The highest BCUT2D eigenvalue weighted by molar-refractivity contribution is 14.1. The van der Waals surface area contributed by atoms with Gasteiger partial charge in [-0.1, -0.05) is 38.1 Å². The molecule has 2 N–H and O–H groups in total. The molecule has 0 saturated heterocycles. The van der Waals surface area contributed by atoms with E-state index in [1.807, 2.05) is 48.0 Å². The van der Waals surface area contributed by atoms with Gasteiger partial charge < -0.3 is 23.9 Å². The van der Waals surface area contributed by atoms with Crippen LogP contribution in [-0.2, 0) is 4.43 Å². The first-order valence-electron chi connectivity index (χ1n) is 10.8. The zero-order valence-electron chi connectivity index (χ0n) is 19.8. The Balaban J connectivity index is 1.94. The van der Waals surface area contributed by atoms with Crippen LogP contribution in [0.25, 0.3) is 11.3 Å². The molecule has 0 bridgehead atoms. The van der Waals surface area contributed by atoms with Crippen molar-refractivity contribution in [3.63, 3.8) is 0 Å². The number of aromatic nitrogens is 3. The Kier molecular flexibility index (Phi) is 7.69. The Labute approximate surface area is 209 Å². The summed E-state index contributed by atoms with van der Waals surface area (Å²) in [7, 11) is -2.04. The smallest absolute Gasteiger partial charge is 0.404 e. The topological polar surface area (TPSA) is 102 Å². The lowest BCUT2D eigenvalue weighted by Gasteiger charge is -2.38. The molecule has 2 aromatic heterocycles. The molecule has 0 radical (unpaired) electrons. The molecule has 2 heterocycles. The normalized spacial score (nSPS) is 14.2. The van der Waals surface area contributed by atoms with E-state index in [4.69, 9.17) is 8.95 Å². The van der Waals surface area contributed by atoms with Crippen molar-refractivity contribution in [3.8, 4) is 11.3 Å². The van der Waals surface area contributed by atoms with Gasteiger partial charge in [0, 0.05) is 34.1 Å². The maximum absolute atomic E-state index is 11.3. The van der Waals surface area contributed by atoms with E-state index in [0.717, 1.165) is 15.0 Å². The lowest BCUT2D eigenvalue weighted by atomic mass is 10.1. The van der Waals surface area contributed by atoms with Crippen molar-refractivity contribution in [2.24, 2.45) is 0 Å². The largest absolute Gasteiger partial charge is 0.465 e. The van der Waals surface area contributed by atoms with Crippen LogP contribution in [0.4, 0.5) is 4.79 Å². The van der Waals surface area contributed by atoms with E-state index < -0.39 is 20.5 Å². The zero-order valence-corrected chi connectivity index (χ0v) is 23.0. The van der Waals surface area contributed by atoms with E-state index >= 15 is 0 Å². The van der Waals surface area contributed by atoms with Crippen LogP contribution in [0.3, 0.4) is 0 Å². The summed E-state index contributed by atoms with van der Waals surface area (Å²) in [4.78, 5) is 15.8. The number of nitrogens with zero attached hydrogens (tertiary/aromatic N) is 3. The molecule has 8 nitrogen and oxygen atoms in total. The van der Waals surface area contributed by atoms with Gasteiger partial charge in [-0.15, -0.1) is 0 Å². The molecule has 178 valence electrons. The van der Waals surface area contributed by atoms with Gasteiger partial charge in [-0.2, -0.15) is 0 Å².